The highest BCUT2D eigenvalue weighted by atomic mass is 35.5. The molecule has 0 radical (unpaired) electrons. The minimum atomic E-state index is -0.606. The minimum absolute atomic E-state index is 0.00284. The molecule has 4 nitrogen and oxygen atoms in total. The summed E-state index contributed by atoms with van der Waals surface area (Å²) in [6.07, 6.45) is 0.00284. The largest absolute Gasteiger partial charge is 0.349 e. The number of carbonyl (C=O) groups is 2. The third-order valence-corrected chi connectivity index (χ3v) is 5.85. The quantitative estimate of drug-likeness (QED) is 0.708. The van der Waals surface area contributed by atoms with E-state index < -0.39 is 17.1 Å². The minimum Gasteiger partial charge on any atom is -0.349 e. The maximum atomic E-state index is 13.7. The molecule has 0 aromatic heterocycles. The fourth-order valence-electron chi connectivity index (χ4n) is 2.64. The first-order valence-corrected chi connectivity index (χ1v) is 9.49. The van der Waals surface area contributed by atoms with Gasteiger partial charge >= 0.3 is 0 Å². The summed E-state index contributed by atoms with van der Waals surface area (Å²) in [5.41, 5.74) is 1.17. The van der Waals surface area contributed by atoms with Crippen LogP contribution in [-0.4, -0.2) is 17.1 Å². The molecular formula is C18H15Cl2FN2O2S. The zero-order chi connectivity index (χ0) is 18.8. The van der Waals surface area contributed by atoms with Crippen molar-refractivity contribution in [3.63, 3.8) is 0 Å². The van der Waals surface area contributed by atoms with Gasteiger partial charge in [-0.3, -0.25) is 9.59 Å². The highest BCUT2D eigenvalue weighted by Crippen LogP contribution is 2.36. The molecule has 1 aliphatic heterocycles. The van der Waals surface area contributed by atoms with Crippen LogP contribution in [0.1, 0.15) is 24.9 Å². The van der Waals surface area contributed by atoms with Crippen LogP contribution in [0.5, 0.6) is 0 Å². The van der Waals surface area contributed by atoms with Crippen molar-refractivity contribution in [3.05, 3.63) is 57.8 Å². The number of thioether (sulfide) groups is 1. The average molecular weight is 413 g/mol. The molecule has 2 amide bonds. The van der Waals surface area contributed by atoms with Gasteiger partial charge in [0.05, 0.1) is 22.0 Å². The van der Waals surface area contributed by atoms with Crippen molar-refractivity contribution in [3.8, 4) is 0 Å². The molecule has 3 rings (SSSR count). The Labute approximate surface area is 164 Å². The molecule has 2 aromatic carbocycles. The maximum Gasteiger partial charge on any atom is 0.238 e. The summed E-state index contributed by atoms with van der Waals surface area (Å²) in [7, 11) is 0. The second-order valence-electron chi connectivity index (χ2n) is 5.87. The Balaban J connectivity index is 1.66. The van der Waals surface area contributed by atoms with Crippen LogP contribution < -0.4 is 10.6 Å². The molecule has 0 bridgehead atoms. The molecule has 0 saturated heterocycles. The lowest BCUT2D eigenvalue weighted by Crippen LogP contribution is -2.35. The van der Waals surface area contributed by atoms with Crippen LogP contribution in [0.15, 0.2) is 41.3 Å². The number of hydrogen-bond donors (Lipinski definition) is 2. The van der Waals surface area contributed by atoms with Crippen LogP contribution >= 0.6 is 35.0 Å². The molecule has 0 spiro atoms. The monoisotopic (exact) mass is 412 g/mol. The van der Waals surface area contributed by atoms with Gasteiger partial charge < -0.3 is 10.6 Å². The van der Waals surface area contributed by atoms with E-state index in [-0.39, 0.29) is 28.3 Å². The molecule has 0 saturated carbocycles. The molecule has 1 aliphatic rings. The van der Waals surface area contributed by atoms with Gasteiger partial charge in [-0.25, -0.2) is 4.39 Å². The smallest absolute Gasteiger partial charge is 0.238 e. The summed E-state index contributed by atoms with van der Waals surface area (Å²) >= 11 is 13.1. The predicted molar refractivity (Wildman–Crippen MR) is 102 cm³/mol. The van der Waals surface area contributed by atoms with Gasteiger partial charge in [0.1, 0.15) is 5.82 Å². The van der Waals surface area contributed by atoms with E-state index >= 15 is 0 Å². The average Bonchev–Trinajstić information content (AvgIpc) is 2.58. The van der Waals surface area contributed by atoms with Crippen LogP contribution in [-0.2, 0) is 9.59 Å². The Morgan fingerprint density at radius 3 is 2.81 bits per heavy atom. The zero-order valence-electron chi connectivity index (χ0n) is 13.7. The van der Waals surface area contributed by atoms with Gasteiger partial charge in [-0.05, 0) is 36.8 Å². The van der Waals surface area contributed by atoms with E-state index in [4.69, 9.17) is 23.2 Å². The number of anilines is 1. The first-order chi connectivity index (χ1) is 12.3. The summed E-state index contributed by atoms with van der Waals surface area (Å²) in [6, 6.07) is 9.40. The van der Waals surface area contributed by atoms with Gasteiger partial charge in [0, 0.05) is 16.3 Å². The summed E-state index contributed by atoms with van der Waals surface area (Å²) < 4.78 is 13.7. The Kier molecular flexibility index (Phi) is 5.75. The number of para-hydroxylation sites is 1. The van der Waals surface area contributed by atoms with Gasteiger partial charge in [-0.15, -0.1) is 11.8 Å². The lowest BCUT2D eigenvalue weighted by molar-refractivity contribution is -0.124. The Morgan fingerprint density at radius 2 is 2.04 bits per heavy atom. The number of benzene rings is 2. The van der Waals surface area contributed by atoms with Crippen molar-refractivity contribution < 1.29 is 14.0 Å². The third kappa shape index (κ3) is 4.14. The number of halogens is 3. The summed E-state index contributed by atoms with van der Waals surface area (Å²) in [6.45, 7) is 1.69. The fraction of sp³-hybridized carbons (Fsp3) is 0.222. The fourth-order valence-corrected chi connectivity index (χ4v) is 4.30. The molecule has 0 unspecified atom stereocenters. The van der Waals surface area contributed by atoms with E-state index in [1.807, 2.05) is 24.3 Å². The topological polar surface area (TPSA) is 58.2 Å². The summed E-state index contributed by atoms with van der Waals surface area (Å²) in [5, 5.41) is 5.20. The molecule has 8 heteroatoms. The standard InChI is InChI=1S/C18H15Cl2FN2O2S/c1-9(10-6-13(21)12(20)7-11(10)19)22-17(24)8-16-18(25)23-14-4-2-3-5-15(14)26-16/h2-7,9,16H,8H2,1H3,(H,22,24)(H,23,25)/t9-,16+/m1/s1. The van der Waals surface area contributed by atoms with Gasteiger partial charge in [0.25, 0.3) is 0 Å². The zero-order valence-corrected chi connectivity index (χ0v) is 16.0. The van der Waals surface area contributed by atoms with Gasteiger partial charge in [0.15, 0.2) is 0 Å². The number of rotatable bonds is 4. The van der Waals surface area contributed by atoms with Crippen LogP contribution in [0, 0.1) is 5.82 Å². The molecule has 1 heterocycles. The van der Waals surface area contributed by atoms with E-state index in [1.54, 1.807) is 6.92 Å². The van der Waals surface area contributed by atoms with Gasteiger partial charge in [-0.2, -0.15) is 0 Å². The van der Waals surface area contributed by atoms with Crippen molar-refractivity contribution >= 4 is 52.5 Å². The molecule has 26 heavy (non-hydrogen) atoms. The molecule has 2 atom stereocenters. The summed E-state index contributed by atoms with van der Waals surface area (Å²) in [4.78, 5) is 25.5. The van der Waals surface area contributed by atoms with E-state index in [0.29, 0.717) is 5.56 Å². The molecular weight excluding hydrogens is 398 g/mol. The van der Waals surface area contributed by atoms with E-state index in [2.05, 4.69) is 10.6 Å². The normalized spacial score (nSPS) is 17.2. The number of nitrogens with one attached hydrogen (secondary N) is 2. The molecule has 0 fully saturated rings. The Bertz CT molecular complexity index is 878. The lowest BCUT2D eigenvalue weighted by atomic mass is 10.1. The van der Waals surface area contributed by atoms with E-state index in [1.165, 1.54) is 23.9 Å². The van der Waals surface area contributed by atoms with Crippen LogP contribution in [0.2, 0.25) is 10.0 Å². The molecule has 136 valence electrons. The van der Waals surface area contributed by atoms with Crippen molar-refractivity contribution in [2.75, 3.05) is 5.32 Å². The number of amides is 2. The maximum absolute atomic E-state index is 13.7. The second-order valence-corrected chi connectivity index (χ2v) is 7.93. The van der Waals surface area contributed by atoms with Gasteiger partial charge in [0.2, 0.25) is 11.8 Å². The second kappa shape index (κ2) is 7.86. The predicted octanol–water partition coefficient (Wildman–Crippen LogP) is 4.81. The highest BCUT2D eigenvalue weighted by molar-refractivity contribution is 8.01. The Morgan fingerprint density at radius 1 is 1.31 bits per heavy atom. The van der Waals surface area contributed by atoms with Crippen LogP contribution in [0.25, 0.3) is 0 Å². The van der Waals surface area contributed by atoms with E-state index in [9.17, 15) is 14.0 Å². The number of fused-ring (bicyclic) bond motifs is 1. The van der Waals surface area contributed by atoms with Crippen molar-refractivity contribution in [1.29, 1.82) is 0 Å². The van der Waals surface area contributed by atoms with Crippen molar-refractivity contribution in [1.82, 2.24) is 5.32 Å². The van der Waals surface area contributed by atoms with Crippen LogP contribution in [0.3, 0.4) is 0 Å². The Hall–Kier alpha value is -1.76. The SMILES string of the molecule is C[C@@H](NC(=O)C[C@@H]1Sc2ccccc2NC1=O)c1cc(F)c(Cl)cc1Cl. The van der Waals surface area contributed by atoms with Gasteiger partial charge in [-0.1, -0.05) is 35.3 Å². The van der Waals surface area contributed by atoms with E-state index in [0.717, 1.165) is 10.6 Å². The summed E-state index contributed by atoms with van der Waals surface area (Å²) in [5.74, 6) is -1.14. The first-order valence-electron chi connectivity index (χ1n) is 7.85. The first kappa shape index (κ1) is 19.0. The van der Waals surface area contributed by atoms with Crippen molar-refractivity contribution in [2.24, 2.45) is 0 Å². The van der Waals surface area contributed by atoms with Crippen LogP contribution in [0.4, 0.5) is 10.1 Å². The molecule has 0 aliphatic carbocycles. The molecule has 2 N–H and O–H groups in total. The highest BCUT2D eigenvalue weighted by Gasteiger charge is 2.29. The number of hydrogen-bond acceptors (Lipinski definition) is 3. The third-order valence-electron chi connectivity index (χ3n) is 3.96. The molecule has 2 aromatic rings. The number of carbonyl (C=O) groups excluding carboxylic acids is 2. The van der Waals surface area contributed by atoms with Crippen molar-refractivity contribution in [2.45, 2.75) is 29.5 Å². The lowest BCUT2D eigenvalue weighted by Gasteiger charge is -2.24.